The molecule has 216 valence electrons. The molecule has 2 aromatic carbocycles. The molecule has 0 spiro atoms. The lowest BCUT2D eigenvalue weighted by Gasteiger charge is -2.40. The summed E-state index contributed by atoms with van der Waals surface area (Å²) >= 11 is 0. The van der Waals surface area contributed by atoms with Gasteiger partial charge >= 0.3 is 12.0 Å². The fraction of sp³-hybridized carbons (Fsp3) is 0.500. The van der Waals surface area contributed by atoms with Crippen LogP contribution in [0.15, 0.2) is 42.5 Å². The zero-order valence-electron chi connectivity index (χ0n) is 23.7. The van der Waals surface area contributed by atoms with Crippen molar-refractivity contribution in [3.63, 3.8) is 0 Å². The van der Waals surface area contributed by atoms with Gasteiger partial charge in [-0.1, -0.05) is 24.3 Å². The number of Topliss-reactive ketones (excluding diaryl/α,β-unsaturated/α-hetero) is 1. The molecule has 3 N–H and O–H groups in total. The van der Waals surface area contributed by atoms with Crippen LogP contribution in [0.5, 0.6) is 5.75 Å². The number of rotatable bonds is 11. The number of nitrogens with zero attached hydrogens (tertiary/aromatic N) is 2. The van der Waals surface area contributed by atoms with Gasteiger partial charge in [-0.05, 0) is 62.6 Å². The number of ether oxygens (including phenoxy) is 2. The fourth-order valence-electron chi connectivity index (χ4n) is 5.50. The van der Waals surface area contributed by atoms with E-state index in [-0.39, 0.29) is 42.8 Å². The van der Waals surface area contributed by atoms with E-state index in [0.717, 1.165) is 49.3 Å². The number of benzene rings is 2. The predicted molar refractivity (Wildman–Crippen MR) is 155 cm³/mol. The van der Waals surface area contributed by atoms with E-state index in [1.165, 1.54) is 0 Å². The minimum absolute atomic E-state index is 0.108. The molecular formula is C30H41N5O5. The molecule has 10 heteroatoms. The second-order valence-electron chi connectivity index (χ2n) is 10.3. The number of piperazine rings is 1. The van der Waals surface area contributed by atoms with Crippen molar-refractivity contribution >= 4 is 29.2 Å². The highest BCUT2D eigenvalue weighted by molar-refractivity contribution is 6.01. The van der Waals surface area contributed by atoms with Gasteiger partial charge in [0.25, 0.3) is 0 Å². The average molecular weight is 552 g/mol. The minimum Gasteiger partial charge on any atom is -0.495 e. The summed E-state index contributed by atoms with van der Waals surface area (Å²) in [5.41, 5.74) is 3.05. The van der Waals surface area contributed by atoms with Gasteiger partial charge in [0.15, 0.2) is 5.78 Å². The maximum atomic E-state index is 13.8. The quantitative estimate of drug-likeness (QED) is 0.366. The Morgan fingerprint density at radius 3 is 2.48 bits per heavy atom. The Labute approximate surface area is 236 Å². The van der Waals surface area contributed by atoms with Crippen LogP contribution in [0.1, 0.15) is 30.9 Å². The Hall–Kier alpha value is -3.47. The zero-order chi connectivity index (χ0) is 28.5. The van der Waals surface area contributed by atoms with Crippen molar-refractivity contribution in [3.05, 3.63) is 53.6 Å². The average Bonchev–Trinajstić information content (AvgIpc) is 3.46. The second-order valence-corrected chi connectivity index (χ2v) is 10.3. The Balaban J connectivity index is 1.40. The summed E-state index contributed by atoms with van der Waals surface area (Å²) in [4.78, 5) is 42.6. The number of amides is 2. The number of ketones is 1. The Kier molecular flexibility index (Phi) is 10.5. The maximum Gasteiger partial charge on any atom is 0.323 e. The van der Waals surface area contributed by atoms with E-state index in [1.807, 2.05) is 50.2 Å². The SMILES string of the molecule is CCOC(=O)CN1CCN(C(C(=O)Cc2ccc(NC(=O)Nc3ccccc3C)c(OC)c2)C2CCCN2)CC1. The summed E-state index contributed by atoms with van der Waals surface area (Å²) in [6, 6.07) is 12.5. The number of hydrogen-bond acceptors (Lipinski definition) is 8. The van der Waals surface area contributed by atoms with Crippen molar-refractivity contribution in [3.8, 4) is 5.75 Å². The summed E-state index contributed by atoms with van der Waals surface area (Å²) in [5.74, 6) is 0.437. The van der Waals surface area contributed by atoms with Gasteiger partial charge in [-0.3, -0.25) is 19.4 Å². The minimum atomic E-state index is -0.370. The first-order valence-corrected chi connectivity index (χ1v) is 14.1. The summed E-state index contributed by atoms with van der Waals surface area (Å²) in [6.45, 7) is 8.18. The molecule has 0 aromatic heterocycles. The molecule has 2 aromatic rings. The third-order valence-corrected chi connectivity index (χ3v) is 7.55. The molecule has 40 heavy (non-hydrogen) atoms. The second kappa shape index (κ2) is 14.2. The summed E-state index contributed by atoms with van der Waals surface area (Å²) in [6.07, 6.45) is 2.27. The zero-order valence-corrected chi connectivity index (χ0v) is 23.7. The van der Waals surface area contributed by atoms with E-state index in [2.05, 4.69) is 25.8 Å². The van der Waals surface area contributed by atoms with Crippen LogP contribution < -0.4 is 20.7 Å². The number of esters is 1. The highest BCUT2D eigenvalue weighted by Gasteiger charge is 2.36. The summed E-state index contributed by atoms with van der Waals surface area (Å²) in [5, 5.41) is 9.23. The van der Waals surface area contributed by atoms with Gasteiger partial charge in [0, 0.05) is 44.3 Å². The highest BCUT2D eigenvalue weighted by atomic mass is 16.5. The van der Waals surface area contributed by atoms with Crippen LogP contribution in [0.25, 0.3) is 0 Å². The normalized spacial score (nSPS) is 18.6. The van der Waals surface area contributed by atoms with Crippen molar-refractivity contribution in [2.45, 2.75) is 45.2 Å². The van der Waals surface area contributed by atoms with E-state index in [0.29, 0.717) is 31.1 Å². The topological polar surface area (TPSA) is 112 Å². The fourth-order valence-corrected chi connectivity index (χ4v) is 5.50. The Morgan fingerprint density at radius 2 is 1.80 bits per heavy atom. The number of hydrogen-bond donors (Lipinski definition) is 3. The van der Waals surface area contributed by atoms with Gasteiger partial charge < -0.3 is 25.4 Å². The smallest absolute Gasteiger partial charge is 0.323 e. The number of carbonyl (C=O) groups is 3. The number of para-hydroxylation sites is 1. The van der Waals surface area contributed by atoms with Gasteiger partial charge in [0.2, 0.25) is 0 Å². The van der Waals surface area contributed by atoms with E-state index >= 15 is 0 Å². The lowest BCUT2D eigenvalue weighted by Crippen LogP contribution is -2.59. The van der Waals surface area contributed by atoms with Crippen LogP contribution in [-0.4, -0.2) is 92.7 Å². The Morgan fingerprint density at radius 1 is 1.05 bits per heavy atom. The molecule has 0 saturated carbocycles. The van der Waals surface area contributed by atoms with E-state index in [4.69, 9.17) is 9.47 Å². The standard InChI is InChI=1S/C30H41N5O5/c1-4-40-28(37)20-34-14-16-35(17-15-34)29(25-10-7-13-31-25)26(36)18-22-11-12-24(27(19-22)39-3)33-30(38)32-23-9-6-5-8-21(23)2/h5-6,8-9,11-12,19,25,29,31H,4,7,10,13-18,20H2,1-3H3,(H2,32,33,38). The third kappa shape index (κ3) is 7.80. The lowest BCUT2D eigenvalue weighted by molar-refractivity contribution is -0.145. The maximum absolute atomic E-state index is 13.8. The monoisotopic (exact) mass is 551 g/mol. The van der Waals surface area contributed by atoms with Gasteiger partial charge in [-0.25, -0.2) is 4.79 Å². The summed E-state index contributed by atoms with van der Waals surface area (Å²) in [7, 11) is 1.55. The Bertz CT molecular complexity index is 1170. The van der Waals surface area contributed by atoms with E-state index in [9.17, 15) is 14.4 Å². The van der Waals surface area contributed by atoms with Crippen LogP contribution in [0.3, 0.4) is 0 Å². The van der Waals surface area contributed by atoms with Gasteiger partial charge in [0.05, 0.1) is 32.0 Å². The molecule has 2 atom stereocenters. The first-order chi connectivity index (χ1) is 19.4. The molecule has 2 aliphatic rings. The lowest BCUT2D eigenvalue weighted by atomic mass is 9.94. The molecule has 10 nitrogen and oxygen atoms in total. The first-order valence-electron chi connectivity index (χ1n) is 14.1. The predicted octanol–water partition coefficient (Wildman–Crippen LogP) is 3.06. The molecule has 2 aliphatic heterocycles. The van der Waals surface area contributed by atoms with Crippen molar-refractivity contribution in [1.82, 2.24) is 15.1 Å². The van der Waals surface area contributed by atoms with Crippen LogP contribution >= 0.6 is 0 Å². The van der Waals surface area contributed by atoms with Crippen LogP contribution in [-0.2, 0) is 20.7 Å². The van der Waals surface area contributed by atoms with Gasteiger partial charge in [0.1, 0.15) is 5.75 Å². The van der Waals surface area contributed by atoms with Crippen molar-refractivity contribution in [2.24, 2.45) is 0 Å². The van der Waals surface area contributed by atoms with Gasteiger partial charge in [-0.2, -0.15) is 0 Å². The van der Waals surface area contributed by atoms with Crippen LogP contribution in [0, 0.1) is 6.92 Å². The van der Waals surface area contributed by atoms with E-state index < -0.39 is 0 Å². The molecule has 2 unspecified atom stereocenters. The molecule has 0 radical (unpaired) electrons. The van der Waals surface area contributed by atoms with Gasteiger partial charge in [-0.15, -0.1) is 0 Å². The first kappa shape index (κ1) is 29.5. The number of nitrogens with one attached hydrogen (secondary N) is 3. The highest BCUT2D eigenvalue weighted by Crippen LogP contribution is 2.27. The summed E-state index contributed by atoms with van der Waals surface area (Å²) < 4.78 is 10.6. The van der Waals surface area contributed by atoms with Crippen LogP contribution in [0.4, 0.5) is 16.2 Å². The molecule has 4 rings (SSSR count). The van der Waals surface area contributed by atoms with E-state index in [1.54, 1.807) is 13.2 Å². The van der Waals surface area contributed by atoms with Crippen molar-refractivity contribution in [2.75, 3.05) is 63.6 Å². The van der Waals surface area contributed by atoms with Crippen LogP contribution in [0.2, 0.25) is 0 Å². The molecule has 2 heterocycles. The number of carbonyl (C=O) groups excluding carboxylic acids is 3. The largest absolute Gasteiger partial charge is 0.495 e. The van der Waals surface area contributed by atoms with Crippen molar-refractivity contribution in [1.29, 1.82) is 0 Å². The molecule has 2 amide bonds. The number of anilines is 2. The number of methoxy groups -OCH3 is 1. The third-order valence-electron chi connectivity index (χ3n) is 7.55. The molecular weight excluding hydrogens is 510 g/mol. The van der Waals surface area contributed by atoms with Crippen molar-refractivity contribution < 1.29 is 23.9 Å². The molecule has 2 saturated heterocycles. The molecule has 0 bridgehead atoms. The number of urea groups is 1. The molecule has 0 aliphatic carbocycles. The number of aryl methyl sites for hydroxylation is 1. The molecule has 2 fully saturated rings.